The second-order valence-electron chi connectivity index (χ2n) is 6.17. The highest BCUT2D eigenvalue weighted by molar-refractivity contribution is 5.78. The third-order valence-corrected chi connectivity index (χ3v) is 4.47. The SMILES string of the molecule is COc1ccc(-n2nnc3cnc(N[C@@H]4CC[C@@H](N)C4)cc32)cc1. The van der Waals surface area contributed by atoms with E-state index >= 15 is 0 Å². The van der Waals surface area contributed by atoms with Gasteiger partial charge in [0.05, 0.1) is 24.5 Å². The van der Waals surface area contributed by atoms with Crippen molar-refractivity contribution in [2.24, 2.45) is 5.73 Å². The first-order valence-corrected chi connectivity index (χ1v) is 8.11. The summed E-state index contributed by atoms with van der Waals surface area (Å²) < 4.78 is 7.01. The molecule has 2 aromatic heterocycles. The van der Waals surface area contributed by atoms with Gasteiger partial charge in [-0.05, 0) is 43.5 Å². The molecular formula is C17H20N6O. The van der Waals surface area contributed by atoms with Gasteiger partial charge in [0.1, 0.15) is 17.1 Å². The third kappa shape index (κ3) is 2.78. The molecule has 0 amide bonds. The molecule has 2 heterocycles. The lowest BCUT2D eigenvalue weighted by molar-refractivity contribution is 0.414. The average molecular weight is 324 g/mol. The molecule has 0 spiro atoms. The molecule has 1 aromatic carbocycles. The number of hydrogen-bond donors (Lipinski definition) is 2. The number of benzene rings is 1. The molecule has 1 aliphatic rings. The average Bonchev–Trinajstić information content (AvgIpc) is 3.21. The van der Waals surface area contributed by atoms with Crippen LogP contribution in [0.25, 0.3) is 16.7 Å². The molecule has 3 aromatic rings. The van der Waals surface area contributed by atoms with E-state index in [2.05, 4.69) is 20.6 Å². The number of anilines is 1. The normalized spacial score (nSPS) is 20.4. The predicted molar refractivity (Wildman–Crippen MR) is 92.4 cm³/mol. The van der Waals surface area contributed by atoms with E-state index in [1.165, 1.54) is 0 Å². The topological polar surface area (TPSA) is 90.9 Å². The van der Waals surface area contributed by atoms with Gasteiger partial charge in [0.15, 0.2) is 0 Å². The monoisotopic (exact) mass is 324 g/mol. The van der Waals surface area contributed by atoms with E-state index in [1.54, 1.807) is 13.3 Å². The van der Waals surface area contributed by atoms with E-state index in [1.807, 2.05) is 35.0 Å². The molecule has 0 radical (unpaired) electrons. The van der Waals surface area contributed by atoms with E-state index in [0.717, 1.165) is 47.6 Å². The zero-order chi connectivity index (χ0) is 16.5. The van der Waals surface area contributed by atoms with Gasteiger partial charge >= 0.3 is 0 Å². The number of nitrogens with zero attached hydrogens (tertiary/aromatic N) is 4. The third-order valence-electron chi connectivity index (χ3n) is 4.47. The van der Waals surface area contributed by atoms with Crippen LogP contribution < -0.4 is 15.8 Å². The fraction of sp³-hybridized carbons (Fsp3) is 0.353. The van der Waals surface area contributed by atoms with E-state index in [9.17, 15) is 0 Å². The lowest BCUT2D eigenvalue weighted by Gasteiger charge is -2.13. The summed E-state index contributed by atoms with van der Waals surface area (Å²) >= 11 is 0. The number of nitrogens with one attached hydrogen (secondary N) is 1. The Morgan fingerprint density at radius 2 is 2.08 bits per heavy atom. The van der Waals surface area contributed by atoms with E-state index in [0.29, 0.717) is 6.04 Å². The molecule has 2 atom stereocenters. The maximum Gasteiger partial charge on any atom is 0.132 e. The second kappa shape index (κ2) is 6.09. The first-order chi connectivity index (χ1) is 11.7. The van der Waals surface area contributed by atoms with Crippen molar-refractivity contribution in [2.75, 3.05) is 12.4 Å². The summed E-state index contributed by atoms with van der Waals surface area (Å²) in [4.78, 5) is 4.44. The van der Waals surface area contributed by atoms with Crippen molar-refractivity contribution < 1.29 is 4.74 Å². The molecule has 3 N–H and O–H groups in total. The number of ether oxygens (including phenoxy) is 1. The van der Waals surface area contributed by atoms with Crippen LogP contribution in [0.5, 0.6) is 5.75 Å². The number of aromatic nitrogens is 4. The van der Waals surface area contributed by atoms with Gasteiger partial charge < -0.3 is 15.8 Å². The molecule has 0 bridgehead atoms. The van der Waals surface area contributed by atoms with Gasteiger partial charge in [-0.15, -0.1) is 5.10 Å². The van der Waals surface area contributed by atoms with Gasteiger partial charge in [-0.1, -0.05) is 5.21 Å². The first kappa shape index (κ1) is 14.9. The smallest absolute Gasteiger partial charge is 0.132 e. The summed E-state index contributed by atoms with van der Waals surface area (Å²) in [5, 5.41) is 11.9. The second-order valence-corrected chi connectivity index (χ2v) is 6.17. The Hall–Kier alpha value is -2.67. The molecular weight excluding hydrogens is 304 g/mol. The Balaban J connectivity index is 1.65. The molecule has 0 aliphatic heterocycles. The van der Waals surface area contributed by atoms with Gasteiger partial charge in [0.2, 0.25) is 0 Å². The van der Waals surface area contributed by atoms with Crippen LogP contribution in [0.15, 0.2) is 36.5 Å². The maximum atomic E-state index is 5.98. The van der Waals surface area contributed by atoms with Crippen molar-refractivity contribution in [3.8, 4) is 11.4 Å². The summed E-state index contributed by atoms with van der Waals surface area (Å²) in [5.41, 5.74) is 8.59. The van der Waals surface area contributed by atoms with Crippen LogP contribution >= 0.6 is 0 Å². The maximum absolute atomic E-state index is 5.98. The predicted octanol–water partition coefficient (Wildman–Crippen LogP) is 2.12. The fourth-order valence-electron chi connectivity index (χ4n) is 3.18. The van der Waals surface area contributed by atoms with E-state index in [-0.39, 0.29) is 6.04 Å². The molecule has 24 heavy (non-hydrogen) atoms. The number of methoxy groups -OCH3 is 1. The standard InChI is InChI=1S/C17H20N6O/c1-24-14-6-4-13(5-7-14)23-16-9-17(19-10-15(16)21-22-23)20-12-3-2-11(18)8-12/h4-7,9-12H,2-3,8,18H2,1H3,(H,19,20)/t11-,12-/m1/s1. The highest BCUT2D eigenvalue weighted by Gasteiger charge is 2.22. The van der Waals surface area contributed by atoms with Crippen molar-refractivity contribution in [2.45, 2.75) is 31.3 Å². The number of nitrogens with two attached hydrogens (primary N) is 1. The summed E-state index contributed by atoms with van der Waals surface area (Å²) in [7, 11) is 1.65. The number of hydrogen-bond acceptors (Lipinski definition) is 6. The van der Waals surface area contributed by atoms with Crippen LogP contribution in [0.2, 0.25) is 0 Å². The molecule has 7 heteroatoms. The van der Waals surface area contributed by atoms with Crippen molar-refractivity contribution in [3.05, 3.63) is 36.5 Å². The van der Waals surface area contributed by atoms with E-state index in [4.69, 9.17) is 10.5 Å². The minimum atomic E-state index is 0.290. The van der Waals surface area contributed by atoms with Crippen molar-refractivity contribution in [1.82, 2.24) is 20.0 Å². The molecule has 124 valence electrons. The lowest BCUT2D eigenvalue weighted by atomic mass is 10.2. The van der Waals surface area contributed by atoms with Crippen molar-refractivity contribution >= 4 is 16.9 Å². The molecule has 1 saturated carbocycles. The molecule has 7 nitrogen and oxygen atoms in total. The molecule has 1 fully saturated rings. The van der Waals surface area contributed by atoms with Crippen LogP contribution in [-0.4, -0.2) is 39.2 Å². The number of rotatable bonds is 4. The van der Waals surface area contributed by atoms with Crippen LogP contribution in [0.3, 0.4) is 0 Å². The van der Waals surface area contributed by atoms with Crippen LogP contribution in [0.4, 0.5) is 5.82 Å². The number of pyridine rings is 1. The van der Waals surface area contributed by atoms with Crippen LogP contribution in [0.1, 0.15) is 19.3 Å². The van der Waals surface area contributed by atoms with Gasteiger partial charge in [0, 0.05) is 18.2 Å². The van der Waals surface area contributed by atoms with Gasteiger partial charge in [-0.2, -0.15) is 0 Å². The summed E-state index contributed by atoms with van der Waals surface area (Å²) in [5.74, 6) is 1.64. The molecule has 0 saturated heterocycles. The summed E-state index contributed by atoms with van der Waals surface area (Å²) in [6.07, 6.45) is 4.87. The highest BCUT2D eigenvalue weighted by Crippen LogP contribution is 2.24. The highest BCUT2D eigenvalue weighted by atomic mass is 16.5. The lowest BCUT2D eigenvalue weighted by Crippen LogP contribution is -2.21. The Kier molecular flexibility index (Phi) is 3.78. The number of fused-ring (bicyclic) bond motifs is 1. The minimum absolute atomic E-state index is 0.290. The first-order valence-electron chi connectivity index (χ1n) is 8.11. The van der Waals surface area contributed by atoms with Crippen LogP contribution in [-0.2, 0) is 0 Å². The molecule has 0 unspecified atom stereocenters. The van der Waals surface area contributed by atoms with Crippen LogP contribution in [0, 0.1) is 0 Å². The molecule has 1 aliphatic carbocycles. The quantitative estimate of drug-likeness (QED) is 0.764. The van der Waals surface area contributed by atoms with Gasteiger partial charge in [-0.3, -0.25) is 0 Å². The van der Waals surface area contributed by atoms with Gasteiger partial charge in [-0.25, -0.2) is 9.67 Å². The zero-order valence-corrected chi connectivity index (χ0v) is 13.5. The van der Waals surface area contributed by atoms with Crippen molar-refractivity contribution in [1.29, 1.82) is 0 Å². The molecule has 4 rings (SSSR count). The summed E-state index contributed by atoms with van der Waals surface area (Å²) in [6.45, 7) is 0. The van der Waals surface area contributed by atoms with E-state index < -0.39 is 0 Å². The largest absolute Gasteiger partial charge is 0.497 e. The van der Waals surface area contributed by atoms with Gasteiger partial charge in [0.25, 0.3) is 0 Å². The summed E-state index contributed by atoms with van der Waals surface area (Å²) in [6, 6.07) is 10.4. The Labute approximate surface area is 139 Å². The fourth-order valence-corrected chi connectivity index (χ4v) is 3.18. The van der Waals surface area contributed by atoms with Crippen molar-refractivity contribution in [3.63, 3.8) is 0 Å². The Morgan fingerprint density at radius 3 is 2.79 bits per heavy atom. The zero-order valence-electron chi connectivity index (χ0n) is 13.5. The Bertz CT molecular complexity index is 844. The minimum Gasteiger partial charge on any atom is -0.497 e. The Morgan fingerprint density at radius 1 is 1.25 bits per heavy atom.